The van der Waals surface area contributed by atoms with Gasteiger partial charge < -0.3 is 25.6 Å². The minimum atomic E-state index is -0.638. The Balaban J connectivity index is 2.00. The molecule has 0 aliphatic rings. The molecule has 0 saturated carbocycles. The molecule has 0 amide bonds. The molecular formula is C21H30N2O3. The van der Waals surface area contributed by atoms with Crippen molar-refractivity contribution >= 4 is 5.69 Å². The van der Waals surface area contributed by atoms with Crippen molar-refractivity contribution in [2.24, 2.45) is 0 Å². The van der Waals surface area contributed by atoms with E-state index >= 15 is 0 Å². The molecule has 0 aliphatic carbocycles. The number of aromatic hydroxyl groups is 1. The average molecular weight is 358 g/mol. The number of rotatable bonds is 8. The van der Waals surface area contributed by atoms with E-state index in [9.17, 15) is 10.2 Å². The molecular weight excluding hydrogens is 328 g/mol. The summed E-state index contributed by atoms with van der Waals surface area (Å²) in [5.74, 6) is 1.01. The van der Waals surface area contributed by atoms with E-state index in [1.54, 1.807) is 18.2 Å². The number of ether oxygens (including phenoxy) is 1. The second-order valence-electron chi connectivity index (χ2n) is 7.35. The van der Waals surface area contributed by atoms with E-state index in [-0.39, 0.29) is 11.3 Å². The van der Waals surface area contributed by atoms with E-state index in [1.807, 2.05) is 31.2 Å². The molecule has 1 atom stereocenters. The third-order valence-corrected chi connectivity index (χ3v) is 3.95. The number of β-amino-alcohol motifs (C(OH)–C–C–N with tert-alkyl or cyclic N) is 1. The third kappa shape index (κ3) is 6.24. The number of anilines is 1. The lowest BCUT2D eigenvalue weighted by Crippen LogP contribution is -2.38. The maximum atomic E-state index is 10.4. The van der Waals surface area contributed by atoms with Gasteiger partial charge in [0.1, 0.15) is 11.5 Å². The highest BCUT2D eigenvalue weighted by atomic mass is 16.5. The van der Waals surface area contributed by atoms with Crippen molar-refractivity contribution in [1.82, 2.24) is 5.32 Å². The van der Waals surface area contributed by atoms with E-state index in [2.05, 4.69) is 31.4 Å². The van der Waals surface area contributed by atoms with Crippen LogP contribution in [0.25, 0.3) is 0 Å². The highest BCUT2D eigenvalue weighted by molar-refractivity contribution is 5.58. The second-order valence-corrected chi connectivity index (χ2v) is 7.35. The van der Waals surface area contributed by atoms with Gasteiger partial charge in [0.25, 0.3) is 0 Å². The molecule has 0 aliphatic heterocycles. The Labute approximate surface area is 156 Å². The molecule has 2 aromatic rings. The Morgan fingerprint density at radius 1 is 1.08 bits per heavy atom. The van der Waals surface area contributed by atoms with Crippen LogP contribution in [-0.2, 0) is 6.54 Å². The minimum absolute atomic E-state index is 0.0629. The molecule has 1 unspecified atom stereocenters. The van der Waals surface area contributed by atoms with Crippen molar-refractivity contribution < 1.29 is 14.9 Å². The topological polar surface area (TPSA) is 73.8 Å². The Kier molecular flexibility index (Phi) is 6.89. The first-order valence-corrected chi connectivity index (χ1v) is 9.00. The van der Waals surface area contributed by atoms with Gasteiger partial charge in [-0.2, -0.15) is 0 Å². The van der Waals surface area contributed by atoms with Crippen molar-refractivity contribution in [2.75, 3.05) is 18.5 Å². The molecule has 2 aromatic carbocycles. The van der Waals surface area contributed by atoms with E-state index in [1.165, 1.54) is 0 Å². The van der Waals surface area contributed by atoms with E-state index < -0.39 is 6.10 Å². The van der Waals surface area contributed by atoms with Crippen molar-refractivity contribution in [3.63, 3.8) is 0 Å². The SMILES string of the molecule is CCOc1ccc(CNc2cc(C(O)CNC(C)(C)C)ccc2O)cc1. The number of phenols is 1. The molecule has 5 heteroatoms. The Morgan fingerprint density at radius 3 is 2.38 bits per heavy atom. The quantitative estimate of drug-likeness (QED) is 0.540. The first-order valence-electron chi connectivity index (χ1n) is 9.00. The first kappa shape index (κ1) is 20.1. The number of phenolic OH excluding ortho intramolecular Hbond substituents is 1. The first-order chi connectivity index (χ1) is 12.3. The summed E-state index contributed by atoms with van der Waals surface area (Å²) in [6.45, 7) is 9.79. The second kappa shape index (κ2) is 8.92. The number of aliphatic hydroxyl groups excluding tert-OH is 1. The normalized spacial score (nSPS) is 12.7. The lowest BCUT2D eigenvalue weighted by atomic mass is 10.1. The fourth-order valence-corrected chi connectivity index (χ4v) is 2.49. The molecule has 0 aromatic heterocycles. The summed E-state index contributed by atoms with van der Waals surface area (Å²) in [6.07, 6.45) is -0.638. The minimum Gasteiger partial charge on any atom is -0.506 e. The largest absolute Gasteiger partial charge is 0.506 e. The number of nitrogens with one attached hydrogen (secondary N) is 2. The number of benzene rings is 2. The lowest BCUT2D eigenvalue weighted by Gasteiger charge is -2.23. The fraction of sp³-hybridized carbons (Fsp3) is 0.429. The number of aliphatic hydroxyl groups is 1. The lowest BCUT2D eigenvalue weighted by molar-refractivity contribution is 0.163. The maximum Gasteiger partial charge on any atom is 0.138 e. The molecule has 26 heavy (non-hydrogen) atoms. The zero-order valence-electron chi connectivity index (χ0n) is 16.0. The van der Waals surface area contributed by atoms with Crippen LogP contribution in [-0.4, -0.2) is 28.9 Å². The van der Waals surface area contributed by atoms with Gasteiger partial charge in [-0.15, -0.1) is 0 Å². The van der Waals surface area contributed by atoms with Crippen molar-refractivity contribution in [2.45, 2.75) is 45.9 Å². The van der Waals surface area contributed by atoms with Crippen LogP contribution in [0.5, 0.6) is 11.5 Å². The van der Waals surface area contributed by atoms with Gasteiger partial charge in [0.05, 0.1) is 18.4 Å². The average Bonchev–Trinajstić information content (AvgIpc) is 2.60. The van der Waals surface area contributed by atoms with E-state index in [0.29, 0.717) is 25.4 Å². The highest BCUT2D eigenvalue weighted by Crippen LogP contribution is 2.28. The van der Waals surface area contributed by atoms with Gasteiger partial charge in [0.15, 0.2) is 0 Å². The summed E-state index contributed by atoms with van der Waals surface area (Å²) >= 11 is 0. The summed E-state index contributed by atoms with van der Waals surface area (Å²) in [5, 5.41) is 27.0. The molecule has 0 bridgehead atoms. The molecule has 0 radical (unpaired) electrons. The van der Waals surface area contributed by atoms with Gasteiger partial charge >= 0.3 is 0 Å². The third-order valence-electron chi connectivity index (χ3n) is 3.95. The molecule has 5 nitrogen and oxygen atoms in total. The smallest absolute Gasteiger partial charge is 0.138 e. The summed E-state index contributed by atoms with van der Waals surface area (Å²) in [4.78, 5) is 0. The molecule has 0 spiro atoms. The zero-order chi connectivity index (χ0) is 19.2. The summed E-state index contributed by atoms with van der Waals surface area (Å²) in [5.41, 5.74) is 2.38. The number of hydrogen-bond donors (Lipinski definition) is 4. The fourth-order valence-electron chi connectivity index (χ4n) is 2.49. The Morgan fingerprint density at radius 2 is 1.77 bits per heavy atom. The molecule has 142 valence electrons. The van der Waals surface area contributed by atoms with Gasteiger partial charge in [-0.3, -0.25) is 0 Å². The van der Waals surface area contributed by atoms with Gasteiger partial charge in [-0.1, -0.05) is 18.2 Å². The van der Waals surface area contributed by atoms with Crippen molar-refractivity contribution in [3.8, 4) is 11.5 Å². The summed E-state index contributed by atoms with van der Waals surface area (Å²) in [7, 11) is 0. The summed E-state index contributed by atoms with van der Waals surface area (Å²) < 4.78 is 5.44. The van der Waals surface area contributed by atoms with Gasteiger partial charge in [0.2, 0.25) is 0 Å². The van der Waals surface area contributed by atoms with Crippen LogP contribution in [0, 0.1) is 0 Å². The van der Waals surface area contributed by atoms with Crippen LogP contribution in [0.15, 0.2) is 42.5 Å². The van der Waals surface area contributed by atoms with Crippen molar-refractivity contribution in [3.05, 3.63) is 53.6 Å². The Bertz CT molecular complexity index is 693. The van der Waals surface area contributed by atoms with Crippen LogP contribution >= 0.6 is 0 Å². The molecule has 4 N–H and O–H groups in total. The monoisotopic (exact) mass is 358 g/mol. The van der Waals surface area contributed by atoms with Gasteiger partial charge in [0, 0.05) is 18.6 Å². The van der Waals surface area contributed by atoms with Crippen LogP contribution in [0.2, 0.25) is 0 Å². The van der Waals surface area contributed by atoms with E-state index in [4.69, 9.17) is 4.74 Å². The van der Waals surface area contributed by atoms with Gasteiger partial charge in [-0.25, -0.2) is 0 Å². The standard InChI is InChI=1S/C21H30N2O3/c1-5-26-17-9-6-15(7-10-17)13-22-18-12-16(8-11-19(18)24)20(25)14-23-21(2,3)4/h6-12,20,22-25H,5,13-14H2,1-4H3. The van der Waals surface area contributed by atoms with Gasteiger partial charge in [-0.05, 0) is 63.1 Å². The maximum absolute atomic E-state index is 10.4. The van der Waals surface area contributed by atoms with E-state index in [0.717, 1.165) is 16.9 Å². The molecule has 2 rings (SSSR count). The number of hydrogen-bond acceptors (Lipinski definition) is 5. The summed E-state index contributed by atoms with van der Waals surface area (Å²) in [6, 6.07) is 13.0. The molecule has 0 saturated heterocycles. The molecule has 0 heterocycles. The van der Waals surface area contributed by atoms with Crippen LogP contribution in [0.3, 0.4) is 0 Å². The van der Waals surface area contributed by atoms with Crippen LogP contribution in [0.1, 0.15) is 44.9 Å². The predicted octanol–water partition coefficient (Wildman–Crippen LogP) is 3.82. The zero-order valence-corrected chi connectivity index (χ0v) is 16.0. The van der Waals surface area contributed by atoms with Crippen LogP contribution in [0.4, 0.5) is 5.69 Å². The van der Waals surface area contributed by atoms with Crippen molar-refractivity contribution in [1.29, 1.82) is 0 Å². The Hall–Kier alpha value is -2.24. The predicted molar refractivity (Wildman–Crippen MR) is 106 cm³/mol. The van der Waals surface area contributed by atoms with Crippen LogP contribution < -0.4 is 15.4 Å². The highest BCUT2D eigenvalue weighted by Gasteiger charge is 2.15. The molecule has 0 fully saturated rings.